The van der Waals surface area contributed by atoms with Gasteiger partial charge in [-0.05, 0) is 55.9 Å². The first-order chi connectivity index (χ1) is 9.54. The highest BCUT2D eigenvalue weighted by Crippen LogP contribution is 2.14. The Morgan fingerprint density at radius 1 is 1.05 bits per heavy atom. The Hall–Kier alpha value is -1.94. The SMILES string of the molecule is Cc1ccc(NC(=S)NC(C)c2ccc(F)cc2)cc1. The molecule has 1 atom stereocenters. The summed E-state index contributed by atoms with van der Waals surface area (Å²) in [5, 5.41) is 6.85. The molecule has 2 rings (SSSR count). The quantitative estimate of drug-likeness (QED) is 0.828. The molecule has 0 fully saturated rings. The van der Waals surface area contributed by atoms with E-state index in [1.165, 1.54) is 17.7 Å². The summed E-state index contributed by atoms with van der Waals surface area (Å²) in [4.78, 5) is 0. The van der Waals surface area contributed by atoms with Gasteiger partial charge >= 0.3 is 0 Å². The second-order valence-corrected chi connectivity index (χ2v) is 5.15. The Kier molecular flexibility index (Phi) is 4.69. The van der Waals surface area contributed by atoms with Crippen LogP contribution in [-0.4, -0.2) is 5.11 Å². The van der Waals surface area contributed by atoms with Crippen molar-refractivity contribution in [3.05, 3.63) is 65.5 Å². The van der Waals surface area contributed by atoms with Crippen LogP contribution in [0.2, 0.25) is 0 Å². The molecular formula is C16H17FN2S. The van der Waals surface area contributed by atoms with E-state index in [1.807, 2.05) is 38.1 Å². The minimum absolute atomic E-state index is 0.0149. The number of nitrogens with one attached hydrogen (secondary N) is 2. The lowest BCUT2D eigenvalue weighted by molar-refractivity contribution is 0.624. The molecule has 0 aliphatic rings. The zero-order chi connectivity index (χ0) is 14.5. The highest BCUT2D eigenvalue weighted by atomic mass is 32.1. The first-order valence-corrected chi connectivity index (χ1v) is 6.85. The van der Waals surface area contributed by atoms with E-state index in [0.29, 0.717) is 5.11 Å². The number of rotatable bonds is 3. The van der Waals surface area contributed by atoms with Crippen molar-refractivity contribution in [1.82, 2.24) is 5.32 Å². The van der Waals surface area contributed by atoms with Crippen LogP contribution in [0.1, 0.15) is 24.1 Å². The van der Waals surface area contributed by atoms with E-state index in [1.54, 1.807) is 12.1 Å². The van der Waals surface area contributed by atoms with Crippen LogP contribution in [0.5, 0.6) is 0 Å². The lowest BCUT2D eigenvalue weighted by Crippen LogP contribution is -2.30. The number of anilines is 1. The molecule has 0 aromatic heterocycles. The Labute approximate surface area is 124 Å². The maximum atomic E-state index is 12.9. The van der Waals surface area contributed by atoms with Crippen molar-refractivity contribution in [3.63, 3.8) is 0 Å². The van der Waals surface area contributed by atoms with Gasteiger partial charge in [0, 0.05) is 5.69 Å². The molecule has 0 radical (unpaired) electrons. The lowest BCUT2D eigenvalue weighted by Gasteiger charge is -2.17. The lowest BCUT2D eigenvalue weighted by atomic mass is 10.1. The van der Waals surface area contributed by atoms with Crippen molar-refractivity contribution in [2.45, 2.75) is 19.9 Å². The molecule has 2 aromatic carbocycles. The molecule has 0 bridgehead atoms. The molecule has 0 aliphatic carbocycles. The van der Waals surface area contributed by atoms with Crippen molar-refractivity contribution in [1.29, 1.82) is 0 Å². The molecule has 0 saturated carbocycles. The summed E-state index contributed by atoms with van der Waals surface area (Å²) < 4.78 is 12.9. The maximum absolute atomic E-state index is 12.9. The normalized spacial score (nSPS) is 11.8. The number of hydrogen-bond acceptors (Lipinski definition) is 1. The fourth-order valence-corrected chi connectivity index (χ4v) is 2.13. The van der Waals surface area contributed by atoms with Gasteiger partial charge in [-0.3, -0.25) is 0 Å². The molecule has 2 nitrogen and oxygen atoms in total. The topological polar surface area (TPSA) is 24.1 Å². The average Bonchev–Trinajstić information content (AvgIpc) is 2.42. The van der Waals surface area contributed by atoms with Crippen LogP contribution in [0.4, 0.5) is 10.1 Å². The summed E-state index contributed by atoms with van der Waals surface area (Å²) in [6.07, 6.45) is 0. The standard InChI is InChI=1S/C16H17FN2S/c1-11-3-9-15(10-4-11)19-16(20)18-12(2)13-5-7-14(17)8-6-13/h3-10,12H,1-2H3,(H2,18,19,20). The highest BCUT2D eigenvalue weighted by molar-refractivity contribution is 7.80. The van der Waals surface area contributed by atoms with Gasteiger partial charge in [-0.15, -0.1) is 0 Å². The minimum Gasteiger partial charge on any atom is -0.356 e. The average molecular weight is 288 g/mol. The largest absolute Gasteiger partial charge is 0.356 e. The van der Waals surface area contributed by atoms with Gasteiger partial charge in [0.1, 0.15) is 5.82 Å². The van der Waals surface area contributed by atoms with E-state index in [9.17, 15) is 4.39 Å². The molecule has 4 heteroatoms. The van der Waals surface area contributed by atoms with E-state index in [-0.39, 0.29) is 11.9 Å². The Balaban J connectivity index is 1.93. The van der Waals surface area contributed by atoms with E-state index >= 15 is 0 Å². The van der Waals surface area contributed by atoms with Crippen LogP contribution in [0.3, 0.4) is 0 Å². The van der Waals surface area contributed by atoms with Gasteiger partial charge in [-0.25, -0.2) is 4.39 Å². The van der Waals surface area contributed by atoms with Crippen molar-refractivity contribution in [2.75, 3.05) is 5.32 Å². The second-order valence-electron chi connectivity index (χ2n) is 4.74. The van der Waals surface area contributed by atoms with Gasteiger partial charge in [-0.1, -0.05) is 29.8 Å². The second kappa shape index (κ2) is 6.48. The van der Waals surface area contributed by atoms with Gasteiger partial charge in [0.05, 0.1) is 6.04 Å². The zero-order valence-electron chi connectivity index (χ0n) is 11.5. The predicted octanol–water partition coefficient (Wildman–Crippen LogP) is 4.18. The minimum atomic E-state index is -0.235. The van der Waals surface area contributed by atoms with Gasteiger partial charge in [0.15, 0.2) is 5.11 Å². The number of benzene rings is 2. The summed E-state index contributed by atoms with van der Waals surface area (Å²) in [7, 11) is 0. The third kappa shape index (κ3) is 4.03. The Bertz CT molecular complexity index is 578. The Morgan fingerprint density at radius 3 is 2.25 bits per heavy atom. The molecule has 20 heavy (non-hydrogen) atoms. The van der Waals surface area contributed by atoms with E-state index in [2.05, 4.69) is 10.6 Å². The summed E-state index contributed by atoms with van der Waals surface area (Å²) in [6, 6.07) is 14.4. The van der Waals surface area contributed by atoms with Crippen LogP contribution in [0.15, 0.2) is 48.5 Å². The molecule has 0 spiro atoms. The monoisotopic (exact) mass is 288 g/mol. The van der Waals surface area contributed by atoms with E-state index < -0.39 is 0 Å². The first kappa shape index (κ1) is 14.5. The summed E-state index contributed by atoms with van der Waals surface area (Å²) >= 11 is 5.27. The number of halogens is 1. The van der Waals surface area contributed by atoms with E-state index in [0.717, 1.165) is 11.3 Å². The van der Waals surface area contributed by atoms with Crippen LogP contribution in [0.25, 0.3) is 0 Å². The first-order valence-electron chi connectivity index (χ1n) is 6.44. The maximum Gasteiger partial charge on any atom is 0.171 e. The molecule has 0 aliphatic heterocycles. The Morgan fingerprint density at radius 2 is 1.65 bits per heavy atom. The molecule has 1 unspecified atom stereocenters. The molecule has 2 aromatic rings. The summed E-state index contributed by atoms with van der Waals surface area (Å²) in [6.45, 7) is 4.02. The van der Waals surface area contributed by atoms with Crippen LogP contribution in [0, 0.1) is 12.7 Å². The van der Waals surface area contributed by atoms with Gasteiger partial charge in [0.2, 0.25) is 0 Å². The van der Waals surface area contributed by atoms with Crippen molar-refractivity contribution in [3.8, 4) is 0 Å². The molecule has 0 saturated heterocycles. The van der Waals surface area contributed by atoms with Gasteiger partial charge < -0.3 is 10.6 Å². The molecule has 0 heterocycles. The third-order valence-electron chi connectivity index (χ3n) is 3.03. The van der Waals surface area contributed by atoms with Gasteiger partial charge in [0.25, 0.3) is 0 Å². The van der Waals surface area contributed by atoms with E-state index in [4.69, 9.17) is 12.2 Å². The molecular weight excluding hydrogens is 271 g/mol. The number of thiocarbonyl (C=S) groups is 1. The predicted molar refractivity (Wildman–Crippen MR) is 85.4 cm³/mol. The van der Waals surface area contributed by atoms with Crippen molar-refractivity contribution < 1.29 is 4.39 Å². The van der Waals surface area contributed by atoms with Crippen molar-refractivity contribution >= 4 is 23.0 Å². The molecule has 2 N–H and O–H groups in total. The van der Waals surface area contributed by atoms with Gasteiger partial charge in [-0.2, -0.15) is 0 Å². The third-order valence-corrected chi connectivity index (χ3v) is 3.25. The molecule has 104 valence electrons. The number of aryl methyl sites for hydroxylation is 1. The highest BCUT2D eigenvalue weighted by Gasteiger charge is 2.07. The van der Waals surface area contributed by atoms with Crippen LogP contribution < -0.4 is 10.6 Å². The fraction of sp³-hybridized carbons (Fsp3) is 0.188. The summed E-state index contributed by atoms with van der Waals surface area (Å²) in [5.41, 5.74) is 3.13. The van der Waals surface area contributed by atoms with Crippen LogP contribution >= 0.6 is 12.2 Å². The smallest absolute Gasteiger partial charge is 0.171 e. The summed E-state index contributed by atoms with van der Waals surface area (Å²) in [5.74, 6) is -0.235. The fourth-order valence-electron chi connectivity index (χ4n) is 1.84. The van der Waals surface area contributed by atoms with Crippen LogP contribution in [-0.2, 0) is 0 Å². The molecule has 0 amide bonds. The zero-order valence-corrected chi connectivity index (χ0v) is 12.3. The van der Waals surface area contributed by atoms with Crippen molar-refractivity contribution in [2.24, 2.45) is 0 Å². The number of hydrogen-bond donors (Lipinski definition) is 2.